The van der Waals surface area contributed by atoms with Gasteiger partial charge in [-0.1, -0.05) is 0 Å². The minimum absolute atomic E-state index is 0.493. The SMILES string of the molecule is CC(=O)N=N/C(C(=O)O)=C(\C)O. The van der Waals surface area contributed by atoms with Crippen LogP contribution in [0.4, 0.5) is 0 Å². The van der Waals surface area contributed by atoms with Gasteiger partial charge >= 0.3 is 5.97 Å². The summed E-state index contributed by atoms with van der Waals surface area (Å²) in [6.45, 7) is 2.26. The number of allylic oxidation sites excluding steroid dienone is 1. The lowest BCUT2D eigenvalue weighted by Crippen LogP contribution is -2.00. The molecule has 0 spiro atoms. The Morgan fingerprint density at radius 1 is 1.08 bits per heavy atom. The van der Waals surface area contributed by atoms with Crippen LogP contribution in [0.25, 0.3) is 0 Å². The van der Waals surface area contributed by atoms with Gasteiger partial charge in [0.1, 0.15) is 5.76 Å². The molecule has 0 bridgehead atoms. The van der Waals surface area contributed by atoms with Crippen LogP contribution >= 0.6 is 0 Å². The highest BCUT2D eigenvalue weighted by molar-refractivity contribution is 5.86. The average molecular weight is 172 g/mol. The summed E-state index contributed by atoms with van der Waals surface area (Å²) in [4.78, 5) is 20.5. The zero-order chi connectivity index (χ0) is 9.72. The maximum Gasteiger partial charge on any atom is 0.359 e. The van der Waals surface area contributed by atoms with E-state index in [4.69, 9.17) is 10.2 Å². The van der Waals surface area contributed by atoms with Gasteiger partial charge in [0.15, 0.2) is 0 Å². The van der Waals surface area contributed by atoms with E-state index in [2.05, 4.69) is 10.2 Å². The van der Waals surface area contributed by atoms with Gasteiger partial charge in [0.25, 0.3) is 5.91 Å². The Labute approximate surface area is 68.2 Å². The molecule has 0 aliphatic carbocycles. The van der Waals surface area contributed by atoms with Crippen molar-refractivity contribution in [3.63, 3.8) is 0 Å². The van der Waals surface area contributed by atoms with Crippen molar-refractivity contribution in [2.45, 2.75) is 13.8 Å². The van der Waals surface area contributed by atoms with Crippen LogP contribution in [0, 0.1) is 0 Å². The normalized spacial score (nSPS) is 12.8. The number of carbonyl (C=O) groups is 2. The Morgan fingerprint density at radius 3 is 1.83 bits per heavy atom. The van der Waals surface area contributed by atoms with Crippen molar-refractivity contribution in [1.29, 1.82) is 0 Å². The molecule has 0 radical (unpaired) electrons. The summed E-state index contributed by atoms with van der Waals surface area (Å²) >= 11 is 0. The van der Waals surface area contributed by atoms with Crippen LogP contribution in [-0.4, -0.2) is 22.1 Å². The molecule has 0 rings (SSSR count). The lowest BCUT2D eigenvalue weighted by Gasteiger charge is -1.92. The van der Waals surface area contributed by atoms with Crippen molar-refractivity contribution in [2.24, 2.45) is 10.2 Å². The maximum absolute atomic E-state index is 10.3. The van der Waals surface area contributed by atoms with Gasteiger partial charge < -0.3 is 10.2 Å². The molecule has 2 N–H and O–H groups in total. The van der Waals surface area contributed by atoms with Gasteiger partial charge in [-0.3, -0.25) is 4.79 Å². The second-order valence-corrected chi connectivity index (χ2v) is 1.96. The average Bonchev–Trinajstić information content (AvgIpc) is 1.84. The zero-order valence-electron chi connectivity index (χ0n) is 6.61. The minimum atomic E-state index is -1.43. The summed E-state index contributed by atoms with van der Waals surface area (Å²) in [5.41, 5.74) is -0.634. The molecule has 0 saturated heterocycles. The second-order valence-electron chi connectivity index (χ2n) is 1.96. The van der Waals surface area contributed by atoms with Crippen molar-refractivity contribution in [1.82, 2.24) is 0 Å². The van der Waals surface area contributed by atoms with Crippen molar-refractivity contribution >= 4 is 11.9 Å². The first-order valence-electron chi connectivity index (χ1n) is 3.00. The summed E-state index contributed by atoms with van der Waals surface area (Å²) in [7, 11) is 0. The first kappa shape index (κ1) is 10.3. The number of carboxylic acids is 1. The summed E-state index contributed by atoms with van der Waals surface area (Å²) < 4.78 is 0. The van der Waals surface area contributed by atoms with Crippen LogP contribution in [0.5, 0.6) is 0 Å². The highest BCUT2D eigenvalue weighted by Crippen LogP contribution is 2.03. The van der Waals surface area contributed by atoms with E-state index in [1.54, 1.807) is 0 Å². The van der Waals surface area contributed by atoms with Crippen LogP contribution in [0.2, 0.25) is 0 Å². The first-order valence-corrected chi connectivity index (χ1v) is 3.00. The Morgan fingerprint density at radius 2 is 1.58 bits per heavy atom. The highest BCUT2D eigenvalue weighted by Gasteiger charge is 2.09. The standard InChI is InChI=1S/C6H8N2O4/c1-3(9)5(6(11)12)8-7-4(2)10/h9H,1-2H3,(H,11,12)/b5-3+,8-7?. The van der Waals surface area contributed by atoms with Gasteiger partial charge in [-0.05, 0) is 6.92 Å². The van der Waals surface area contributed by atoms with Crippen LogP contribution in [0.1, 0.15) is 13.8 Å². The van der Waals surface area contributed by atoms with Gasteiger partial charge in [0.2, 0.25) is 5.70 Å². The van der Waals surface area contributed by atoms with Crippen molar-refractivity contribution in [2.75, 3.05) is 0 Å². The monoisotopic (exact) mass is 172 g/mol. The third-order valence-corrected chi connectivity index (χ3v) is 0.836. The van der Waals surface area contributed by atoms with E-state index in [1.807, 2.05) is 0 Å². The van der Waals surface area contributed by atoms with Crippen LogP contribution < -0.4 is 0 Å². The Bertz CT molecular complexity index is 263. The minimum Gasteiger partial charge on any atom is -0.510 e. The Hall–Kier alpha value is -1.72. The number of aliphatic carboxylic acids is 1. The van der Waals surface area contributed by atoms with Crippen molar-refractivity contribution < 1.29 is 19.8 Å². The molecule has 1 amide bonds. The predicted octanol–water partition coefficient (Wildman–Crippen LogP) is 0.859. The molecule has 12 heavy (non-hydrogen) atoms. The topological polar surface area (TPSA) is 99.3 Å². The predicted molar refractivity (Wildman–Crippen MR) is 38.5 cm³/mol. The van der Waals surface area contributed by atoms with Gasteiger partial charge in [0, 0.05) is 6.92 Å². The van der Waals surface area contributed by atoms with E-state index in [-0.39, 0.29) is 0 Å². The van der Waals surface area contributed by atoms with Crippen molar-refractivity contribution in [3.05, 3.63) is 11.5 Å². The molecule has 66 valence electrons. The van der Waals surface area contributed by atoms with Crippen LogP contribution in [0.3, 0.4) is 0 Å². The number of azo groups is 1. The van der Waals surface area contributed by atoms with E-state index in [9.17, 15) is 9.59 Å². The molecule has 0 saturated carbocycles. The smallest absolute Gasteiger partial charge is 0.359 e. The van der Waals surface area contributed by atoms with E-state index >= 15 is 0 Å². The molecule has 6 heteroatoms. The van der Waals surface area contributed by atoms with Gasteiger partial charge in [-0.25, -0.2) is 4.79 Å². The van der Waals surface area contributed by atoms with Gasteiger partial charge in [0.05, 0.1) is 0 Å². The largest absolute Gasteiger partial charge is 0.510 e. The number of amides is 1. The lowest BCUT2D eigenvalue weighted by molar-refractivity contribution is -0.132. The van der Waals surface area contributed by atoms with E-state index in [0.717, 1.165) is 13.8 Å². The van der Waals surface area contributed by atoms with Gasteiger partial charge in [-0.15, -0.1) is 10.2 Å². The molecule has 0 aliphatic heterocycles. The Balaban J connectivity index is 4.70. The molecule has 0 aromatic rings. The number of nitrogens with zero attached hydrogens (tertiary/aromatic N) is 2. The lowest BCUT2D eigenvalue weighted by atomic mass is 10.4. The van der Waals surface area contributed by atoms with Crippen LogP contribution in [-0.2, 0) is 9.59 Å². The molecular formula is C6H8N2O4. The molecule has 0 unspecified atom stereocenters. The number of rotatable bonds is 2. The number of carbonyl (C=O) groups excluding carboxylic acids is 1. The van der Waals surface area contributed by atoms with Crippen molar-refractivity contribution in [3.8, 4) is 0 Å². The fraction of sp³-hybridized carbons (Fsp3) is 0.333. The van der Waals surface area contributed by atoms with E-state index < -0.39 is 23.3 Å². The van der Waals surface area contributed by atoms with E-state index in [0.29, 0.717) is 0 Å². The molecule has 0 aliphatic rings. The number of aliphatic hydroxyl groups excluding tert-OH is 1. The summed E-state index contributed by atoms with van der Waals surface area (Å²) in [6.07, 6.45) is 0. The zero-order valence-corrected chi connectivity index (χ0v) is 6.61. The molecular weight excluding hydrogens is 164 g/mol. The first-order chi connectivity index (χ1) is 5.45. The third kappa shape index (κ3) is 3.45. The molecule has 6 nitrogen and oxygen atoms in total. The second kappa shape index (κ2) is 4.22. The number of aliphatic hydroxyl groups is 1. The number of hydrogen-bond acceptors (Lipinski definition) is 4. The quantitative estimate of drug-likeness (QED) is 0.366. The Kier molecular flexibility index (Phi) is 3.61. The summed E-state index contributed by atoms with van der Waals surface area (Å²) in [5.74, 6) is -2.55. The maximum atomic E-state index is 10.3. The molecule has 0 heterocycles. The van der Waals surface area contributed by atoms with Gasteiger partial charge in [-0.2, -0.15) is 0 Å². The fourth-order valence-electron chi connectivity index (χ4n) is 0.390. The summed E-state index contributed by atoms with van der Waals surface area (Å²) in [6, 6.07) is 0. The van der Waals surface area contributed by atoms with E-state index in [1.165, 1.54) is 0 Å². The summed E-state index contributed by atoms with van der Waals surface area (Å²) in [5, 5.41) is 23.1. The fourth-order valence-corrected chi connectivity index (χ4v) is 0.390. The number of carboxylic acid groups (broad SMARTS) is 1. The highest BCUT2D eigenvalue weighted by atomic mass is 16.4. The molecule has 0 fully saturated rings. The van der Waals surface area contributed by atoms with Crippen LogP contribution in [0.15, 0.2) is 21.7 Å². The third-order valence-electron chi connectivity index (χ3n) is 0.836. The number of hydrogen-bond donors (Lipinski definition) is 2. The molecule has 0 aromatic carbocycles. The molecule has 0 atom stereocenters. The molecule has 0 aromatic heterocycles.